The molecule has 148 valence electrons. The molecule has 9 nitrogen and oxygen atoms in total. The number of amides is 2. The van der Waals surface area contributed by atoms with Crippen molar-refractivity contribution in [2.75, 3.05) is 26.2 Å². The van der Waals surface area contributed by atoms with Crippen molar-refractivity contribution in [2.45, 2.75) is 57.2 Å². The molecule has 27 heavy (non-hydrogen) atoms. The van der Waals surface area contributed by atoms with Crippen LogP contribution >= 0.6 is 0 Å². The molecule has 4 rings (SSSR count). The number of carbonyl (C=O) groups is 2. The lowest BCUT2D eigenvalue weighted by molar-refractivity contribution is -0.127. The number of likely N-dealkylation sites (tertiary alicyclic amines) is 2. The van der Waals surface area contributed by atoms with Gasteiger partial charge in [-0.3, -0.25) is 19.4 Å². The summed E-state index contributed by atoms with van der Waals surface area (Å²) in [6.07, 6.45) is 6.51. The number of carbonyl (C=O) groups excluding carboxylic acids is 2. The van der Waals surface area contributed by atoms with Gasteiger partial charge in [-0.1, -0.05) is 5.16 Å². The number of aromatic nitrogens is 2. The molecule has 2 amide bonds. The fraction of sp³-hybridized carbons (Fsp3) is 0.778. The average Bonchev–Trinajstić information content (AvgIpc) is 3.37. The molecule has 3 N–H and O–H groups in total. The molecule has 0 spiro atoms. The van der Waals surface area contributed by atoms with Gasteiger partial charge in [-0.25, -0.2) is 0 Å². The lowest BCUT2D eigenvalue weighted by atomic mass is 9.93. The molecule has 0 aromatic carbocycles. The predicted octanol–water partition coefficient (Wildman–Crippen LogP) is 0.124. The third-order valence-corrected chi connectivity index (χ3v) is 5.87. The summed E-state index contributed by atoms with van der Waals surface area (Å²) in [5, 5.41) is 6.75. The molecule has 1 atom stereocenters. The van der Waals surface area contributed by atoms with Gasteiger partial charge >= 0.3 is 0 Å². The fourth-order valence-electron chi connectivity index (χ4n) is 4.15. The lowest BCUT2D eigenvalue weighted by Crippen LogP contribution is -2.50. The normalized spacial score (nSPS) is 25.4. The standard InChI is InChI=1S/C18H28N6O3/c19-16(25)17-21-15(27-22-17)11-23-8-5-14(6-9-23)24-7-1-2-12(10-24)18(26)20-13-3-4-13/h12-14H,1-11H2,(H2,19,25)(H,20,26)/t12-/m1/s1. The smallest absolute Gasteiger partial charge is 0.290 e. The van der Waals surface area contributed by atoms with Crippen molar-refractivity contribution in [1.29, 1.82) is 0 Å². The summed E-state index contributed by atoms with van der Waals surface area (Å²) in [6.45, 7) is 4.39. The van der Waals surface area contributed by atoms with E-state index in [1.54, 1.807) is 0 Å². The summed E-state index contributed by atoms with van der Waals surface area (Å²) in [5.74, 6) is 0.0825. The molecule has 3 fully saturated rings. The first kappa shape index (κ1) is 18.4. The zero-order valence-corrected chi connectivity index (χ0v) is 15.6. The highest BCUT2D eigenvalue weighted by Crippen LogP contribution is 2.26. The second-order valence-corrected chi connectivity index (χ2v) is 8.00. The van der Waals surface area contributed by atoms with Crippen LogP contribution in [-0.2, 0) is 11.3 Å². The molecule has 1 aromatic heterocycles. The molecular formula is C18H28N6O3. The fourth-order valence-corrected chi connectivity index (χ4v) is 4.15. The van der Waals surface area contributed by atoms with Gasteiger partial charge in [0.25, 0.3) is 11.7 Å². The Kier molecular flexibility index (Phi) is 5.40. The largest absolute Gasteiger partial charge is 0.363 e. The highest BCUT2D eigenvalue weighted by Gasteiger charge is 2.34. The monoisotopic (exact) mass is 376 g/mol. The van der Waals surface area contributed by atoms with Gasteiger partial charge in [0, 0.05) is 31.7 Å². The van der Waals surface area contributed by atoms with Crippen molar-refractivity contribution in [2.24, 2.45) is 11.7 Å². The quantitative estimate of drug-likeness (QED) is 0.724. The molecule has 1 aromatic rings. The topological polar surface area (TPSA) is 118 Å². The van der Waals surface area contributed by atoms with E-state index in [1.165, 1.54) is 0 Å². The zero-order chi connectivity index (χ0) is 18.8. The van der Waals surface area contributed by atoms with Crippen molar-refractivity contribution < 1.29 is 14.1 Å². The van der Waals surface area contributed by atoms with Gasteiger partial charge in [-0.2, -0.15) is 4.98 Å². The Morgan fingerprint density at radius 3 is 2.59 bits per heavy atom. The van der Waals surface area contributed by atoms with E-state index in [4.69, 9.17) is 10.3 Å². The van der Waals surface area contributed by atoms with Gasteiger partial charge in [-0.15, -0.1) is 0 Å². The number of piperidine rings is 2. The summed E-state index contributed by atoms with van der Waals surface area (Å²) >= 11 is 0. The van der Waals surface area contributed by atoms with E-state index < -0.39 is 5.91 Å². The van der Waals surface area contributed by atoms with Crippen LogP contribution in [0.1, 0.15) is 55.0 Å². The van der Waals surface area contributed by atoms with Gasteiger partial charge in [0.15, 0.2) is 0 Å². The van der Waals surface area contributed by atoms with Gasteiger partial charge in [0.05, 0.1) is 12.5 Å². The molecule has 0 bridgehead atoms. The molecule has 2 saturated heterocycles. The van der Waals surface area contributed by atoms with Crippen LogP contribution in [-0.4, -0.2) is 70.0 Å². The number of primary amides is 1. The maximum absolute atomic E-state index is 12.4. The van der Waals surface area contributed by atoms with Crippen LogP contribution in [0, 0.1) is 5.92 Å². The third-order valence-electron chi connectivity index (χ3n) is 5.87. The highest BCUT2D eigenvalue weighted by atomic mass is 16.5. The molecule has 3 heterocycles. The Morgan fingerprint density at radius 2 is 1.93 bits per heavy atom. The van der Waals surface area contributed by atoms with Crippen LogP contribution in [0.15, 0.2) is 4.52 Å². The van der Waals surface area contributed by atoms with Crippen LogP contribution in [0.2, 0.25) is 0 Å². The van der Waals surface area contributed by atoms with Crippen molar-refractivity contribution in [3.05, 3.63) is 11.7 Å². The van der Waals surface area contributed by atoms with E-state index in [0.29, 0.717) is 24.5 Å². The number of nitrogens with one attached hydrogen (secondary N) is 1. The summed E-state index contributed by atoms with van der Waals surface area (Å²) < 4.78 is 5.09. The maximum atomic E-state index is 12.4. The first-order valence-corrected chi connectivity index (χ1v) is 9.97. The maximum Gasteiger partial charge on any atom is 0.290 e. The summed E-state index contributed by atoms with van der Waals surface area (Å²) in [6, 6.07) is 0.970. The van der Waals surface area contributed by atoms with Crippen molar-refractivity contribution in [3.63, 3.8) is 0 Å². The van der Waals surface area contributed by atoms with Gasteiger partial charge in [0.2, 0.25) is 11.8 Å². The predicted molar refractivity (Wildman–Crippen MR) is 96.6 cm³/mol. The van der Waals surface area contributed by atoms with Crippen LogP contribution in [0.5, 0.6) is 0 Å². The minimum atomic E-state index is -0.672. The first-order valence-electron chi connectivity index (χ1n) is 9.97. The van der Waals surface area contributed by atoms with E-state index >= 15 is 0 Å². The second kappa shape index (κ2) is 7.93. The Labute approximate surface area is 158 Å². The minimum absolute atomic E-state index is 0.0660. The summed E-state index contributed by atoms with van der Waals surface area (Å²) in [5.41, 5.74) is 5.15. The van der Waals surface area contributed by atoms with E-state index in [0.717, 1.165) is 64.7 Å². The van der Waals surface area contributed by atoms with Crippen molar-refractivity contribution >= 4 is 11.8 Å². The Hall–Kier alpha value is -2.00. The molecule has 9 heteroatoms. The van der Waals surface area contributed by atoms with Gasteiger partial charge in [-0.05, 0) is 45.1 Å². The van der Waals surface area contributed by atoms with E-state index in [-0.39, 0.29) is 17.6 Å². The van der Waals surface area contributed by atoms with Crippen molar-refractivity contribution in [3.8, 4) is 0 Å². The second-order valence-electron chi connectivity index (χ2n) is 8.00. The third kappa shape index (κ3) is 4.65. The lowest BCUT2D eigenvalue weighted by Gasteiger charge is -2.41. The molecule has 3 aliphatic rings. The van der Waals surface area contributed by atoms with E-state index in [1.807, 2.05) is 0 Å². The van der Waals surface area contributed by atoms with Gasteiger partial charge < -0.3 is 15.6 Å². The molecule has 1 aliphatic carbocycles. The Bertz CT molecular complexity index is 680. The van der Waals surface area contributed by atoms with Crippen LogP contribution in [0.4, 0.5) is 0 Å². The molecule has 2 aliphatic heterocycles. The highest BCUT2D eigenvalue weighted by molar-refractivity contribution is 5.88. The summed E-state index contributed by atoms with van der Waals surface area (Å²) in [4.78, 5) is 32.2. The minimum Gasteiger partial charge on any atom is -0.363 e. The molecule has 1 saturated carbocycles. The number of hydrogen-bond donors (Lipinski definition) is 2. The first-order chi connectivity index (χ1) is 13.1. The number of hydrogen-bond acceptors (Lipinski definition) is 7. The Balaban J connectivity index is 1.24. The zero-order valence-electron chi connectivity index (χ0n) is 15.6. The van der Waals surface area contributed by atoms with E-state index in [2.05, 4.69) is 25.3 Å². The van der Waals surface area contributed by atoms with Crippen LogP contribution < -0.4 is 11.1 Å². The molecule has 0 unspecified atom stereocenters. The SMILES string of the molecule is NC(=O)c1noc(CN2CCC(N3CCC[C@@H](C(=O)NC4CC4)C3)CC2)n1. The molecule has 0 radical (unpaired) electrons. The number of nitrogens with two attached hydrogens (primary N) is 1. The average molecular weight is 376 g/mol. The summed E-state index contributed by atoms with van der Waals surface area (Å²) in [7, 11) is 0. The van der Waals surface area contributed by atoms with E-state index in [9.17, 15) is 9.59 Å². The van der Waals surface area contributed by atoms with Gasteiger partial charge in [0.1, 0.15) is 0 Å². The number of nitrogens with zero attached hydrogens (tertiary/aromatic N) is 4. The Morgan fingerprint density at radius 1 is 1.15 bits per heavy atom. The molecular weight excluding hydrogens is 348 g/mol. The van der Waals surface area contributed by atoms with Crippen LogP contribution in [0.25, 0.3) is 0 Å². The van der Waals surface area contributed by atoms with Crippen molar-refractivity contribution in [1.82, 2.24) is 25.3 Å². The number of rotatable bonds is 6. The van der Waals surface area contributed by atoms with Crippen LogP contribution in [0.3, 0.4) is 0 Å².